The van der Waals surface area contributed by atoms with Crippen molar-refractivity contribution in [1.82, 2.24) is 19.5 Å². The maximum absolute atomic E-state index is 12.1. The highest BCUT2D eigenvalue weighted by molar-refractivity contribution is 5.40. The number of pyridine rings is 1. The molecular formula is C17H22N6O2. The van der Waals surface area contributed by atoms with E-state index in [-0.39, 0.29) is 5.56 Å². The monoisotopic (exact) mass is 342 g/mol. The molecule has 0 radical (unpaired) electrons. The van der Waals surface area contributed by atoms with Gasteiger partial charge >= 0.3 is 6.01 Å². The number of methoxy groups -OCH3 is 1. The van der Waals surface area contributed by atoms with Gasteiger partial charge in [0.1, 0.15) is 0 Å². The molecule has 0 aromatic carbocycles. The van der Waals surface area contributed by atoms with Gasteiger partial charge < -0.3 is 19.5 Å². The van der Waals surface area contributed by atoms with Crippen molar-refractivity contribution in [3.05, 3.63) is 34.2 Å². The predicted molar refractivity (Wildman–Crippen MR) is 94.3 cm³/mol. The third-order valence-electron chi connectivity index (χ3n) is 4.88. The Morgan fingerprint density at radius 2 is 2.12 bits per heavy atom. The molecule has 0 unspecified atom stereocenters. The van der Waals surface area contributed by atoms with Crippen LogP contribution in [-0.4, -0.2) is 46.3 Å². The van der Waals surface area contributed by atoms with E-state index in [1.165, 1.54) is 0 Å². The molecule has 1 saturated heterocycles. The summed E-state index contributed by atoms with van der Waals surface area (Å²) in [6.07, 6.45) is 1.10. The van der Waals surface area contributed by atoms with E-state index < -0.39 is 0 Å². The Morgan fingerprint density at radius 1 is 1.24 bits per heavy atom. The Labute approximate surface area is 145 Å². The Kier molecular flexibility index (Phi) is 4.03. The highest BCUT2D eigenvalue weighted by Crippen LogP contribution is 2.36. The van der Waals surface area contributed by atoms with Crippen LogP contribution in [0.15, 0.2) is 23.0 Å². The lowest BCUT2D eigenvalue weighted by molar-refractivity contribution is 0.279. The third kappa shape index (κ3) is 2.92. The summed E-state index contributed by atoms with van der Waals surface area (Å²) in [4.78, 5) is 27.5. The number of rotatable bonds is 4. The first-order chi connectivity index (χ1) is 12.2. The van der Waals surface area contributed by atoms with E-state index in [0.29, 0.717) is 29.7 Å². The number of hydrogen-bond donors (Lipinski definition) is 1. The minimum absolute atomic E-state index is 0.0944. The molecule has 0 amide bonds. The highest BCUT2D eigenvalue weighted by Gasteiger charge is 2.35. The molecule has 2 bridgehead atoms. The average Bonchev–Trinajstić information content (AvgIpc) is 2.62. The van der Waals surface area contributed by atoms with Gasteiger partial charge in [-0.1, -0.05) is 6.07 Å². The Bertz CT molecular complexity index is 836. The summed E-state index contributed by atoms with van der Waals surface area (Å²) in [7, 11) is 1.56. The number of nitrogens with one attached hydrogen (secondary N) is 1. The molecule has 4 heterocycles. The van der Waals surface area contributed by atoms with E-state index in [4.69, 9.17) is 4.74 Å². The second-order valence-corrected chi connectivity index (χ2v) is 6.58. The van der Waals surface area contributed by atoms with Gasteiger partial charge in [0.15, 0.2) is 0 Å². The van der Waals surface area contributed by atoms with Gasteiger partial charge in [-0.3, -0.25) is 4.79 Å². The van der Waals surface area contributed by atoms with E-state index in [0.717, 1.165) is 38.3 Å². The molecule has 8 heteroatoms. The largest absolute Gasteiger partial charge is 0.467 e. The molecule has 25 heavy (non-hydrogen) atoms. The molecule has 0 spiro atoms. The number of nitrogens with zero attached hydrogens (tertiary/aromatic N) is 5. The minimum atomic E-state index is 0.0944. The Hall–Kier alpha value is -2.64. The second kappa shape index (κ2) is 6.34. The maximum Gasteiger partial charge on any atom is 0.322 e. The molecular weight excluding hydrogens is 320 g/mol. The van der Waals surface area contributed by atoms with Crippen LogP contribution in [0.3, 0.4) is 0 Å². The first-order valence-corrected chi connectivity index (χ1v) is 8.66. The summed E-state index contributed by atoms with van der Waals surface area (Å²) in [5.41, 5.74) is 1.21. The molecule has 0 saturated carbocycles. The van der Waals surface area contributed by atoms with Crippen molar-refractivity contribution < 1.29 is 4.74 Å². The number of anilines is 2. The van der Waals surface area contributed by atoms with Crippen LogP contribution in [0.2, 0.25) is 0 Å². The lowest BCUT2D eigenvalue weighted by Crippen LogP contribution is -2.47. The molecule has 8 nitrogen and oxygen atoms in total. The Balaban J connectivity index is 1.66. The van der Waals surface area contributed by atoms with Crippen LogP contribution in [-0.2, 0) is 6.54 Å². The fourth-order valence-electron chi connectivity index (χ4n) is 3.88. The topological polar surface area (TPSA) is 85.2 Å². The van der Waals surface area contributed by atoms with Crippen LogP contribution in [0, 0.1) is 5.92 Å². The zero-order valence-electron chi connectivity index (χ0n) is 14.5. The van der Waals surface area contributed by atoms with Crippen molar-refractivity contribution in [2.24, 2.45) is 5.92 Å². The maximum atomic E-state index is 12.1. The molecule has 132 valence electrons. The van der Waals surface area contributed by atoms with E-state index in [2.05, 4.69) is 31.2 Å². The molecule has 2 aromatic rings. The van der Waals surface area contributed by atoms with Gasteiger partial charge in [0.05, 0.1) is 7.11 Å². The van der Waals surface area contributed by atoms with Gasteiger partial charge in [-0.25, -0.2) is 0 Å². The summed E-state index contributed by atoms with van der Waals surface area (Å²) < 4.78 is 7.15. The second-order valence-electron chi connectivity index (χ2n) is 6.58. The van der Waals surface area contributed by atoms with Gasteiger partial charge in [0.2, 0.25) is 11.9 Å². The third-order valence-corrected chi connectivity index (χ3v) is 4.88. The van der Waals surface area contributed by atoms with E-state index in [1.807, 2.05) is 17.6 Å². The SMILES string of the molecule is CCNc1nc(OC)nc(N2C[C@H]3C[C@@H](C2)c2cccc(=O)n2C3)n1. The van der Waals surface area contributed by atoms with Crippen LogP contribution >= 0.6 is 0 Å². The molecule has 2 aliphatic rings. The average molecular weight is 342 g/mol. The standard InChI is InChI=1S/C17H22N6O2/c1-3-18-15-19-16(21-17(20-15)25-2)22-8-11-7-12(10-22)13-5-4-6-14(24)23(13)9-11/h4-6,11-12H,3,7-10H2,1-2H3,(H,18,19,20,21)/t11-,12+/m1/s1. The number of hydrogen-bond acceptors (Lipinski definition) is 7. The number of aromatic nitrogens is 4. The van der Waals surface area contributed by atoms with Gasteiger partial charge in [-0.2, -0.15) is 15.0 Å². The fourth-order valence-corrected chi connectivity index (χ4v) is 3.88. The normalized spacial score (nSPS) is 21.6. The first kappa shape index (κ1) is 15.9. The lowest BCUT2D eigenvalue weighted by Gasteiger charge is -2.42. The molecule has 2 atom stereocenters. The van der Waals surface area contributed by atoms with Gasteiger partial charge in [0.25, 0.3) is 5.56 Å². The number of fused-ring (bicyclic) bond motifs is 4. The van der Waals surface area contributed by atoms with Crippen molar-refractivity contribution in [2.45, 2.75) is 25.8 Å². The smallest absolute Gasteiger partial charge is 0.322 e. The van der Waals surface area contributed by atoms with Crippen molar-refractivity contribution in [2.75, 3.05) is 37.0 Å². The number of piperidine rings is 1. The first-order valence-electron chi connectivity index (χ1n) is 8.66. The molecule has 2 aliphatic heterocycles. The van der Waals surface area contributed by atoms with Gasteiger partial charge in [0, 0.05) is 43.9 Å². The summed E-state index contributed by atoms with van der Waals surface area (Å²) in [6, 6.07) is 5.86. The van der Waals surface area contributed by atoms with Crippen LogP contribution in [0.5, 0.6) is 6.01 Å². The van der Waals surface area contributed by atoms with Gasteiger partial charge in [-0.05, 0) is 25.3 Å². The highest BCUT2D eigenvalue weighted by atomic mass is 16.5. The van der Waals surface area contributed by atoms with Crippen LogP contribution < -0.4 is 20.5 Å². The van der Waals surface area contributed by atoms with E-state index in [1.54, 1.807) is 13.2 Å². The predicted octanol–water partition coefficient (Wildman–Crippen LogP) is 1.10. The van der Waals surface area contributed by atoms with Crippen molar-refractivity contribution in [1.29, 1.82) is 0 Å². The van der Waals surface area contributed by atoms with Crippen LogP contribution in [0.1, 0.15) is 25.0 Å². The fraction of sp³-hybridized carbons (Fsp3) is 0.529. The summed E-state index contributed by atoms with van der Waals surface area (Å²) >= 11 is 0. The van der Waals surface area contributed by atoms with Crippen LogP contribution in [0.4, 0.5) is 11.9 Å². The van der Waals surface area contributed by atoms with E-state index in [9.17, 15) is 4.79 Å². The minimum Gasteiger partial charge on any atom is -0.467 e. The molecule has 0 aliphatic carbocycles. The zero-order chi connectivity index (χ0) is 17.4. The summed E-state index contributed by atoms with van der Waals surface area (Å²) in [5, 5.41) is 3.12. The van der Waals surface area contributed by atoms with E-state index >= 15 is 0 Å². The number of ether oxygens (including phenoxy) is 1. The van der Waals surface area contributed by atoms with Crippen molar-refractivity contribution in [3.8, 4) is 6.01 Å². The zero-order valence-corrected chi connectivity index (χ0v) is 14.5. The van der Waals surface area contributed by atoms with Crippen molar-refractivity contribution in [3.63, 3.8) is 0 Å². The molecule has 1 N–H and O–H groups in total. The van der Waals surface area contributed by atoms with Gasteiger partial charge in [-0.15, -0.1) is 0 Å². The summed E-state index contributed by atoms with van der Waals surface area (Å²) in [5.74, 6) is 1.88. The molecule has 2 aromatic heterocycles. The summed E-state index contributed by atoms with van der Waals surface area (Å²) in [6.45, 7) is 5.10. The lowest BCUT2D eigenvalue weighted by atomic mass is 9.83. The molecule has 1 fully saturated rings. The quantitative estimate of drug-likeness (QED) is 0.890. The Morgan fingerprint density at radius 3 is 2.92 bits per heavy atom. The molecule has 4 rings (SSSR count). The van der Waals surface area contributed by atoms with Crippen molar-refractivity contribution >= 4 is 11.9 Å². The van der Waals surface area contributed by atoms with Crippen LogP contribution in [0.25, 0.3) is 0 Å².